The zero-order chi connectivity index (χ0) is 20.9. The molecule has 1 atom stereocenters. The van der Waals surface area contributed by atoms with E-state index in [4.69, 9.17) is 9.15 Å². The van der Waals surface area contributed by atoms with Gasteiger partial charge in [0.2, 0.25) is 0 Å². The Balaban J connectivity index is 1.19. The molecule has 2 aliphatic rings. The molecule has 162 valence electrons. The van der Waals surface area contributed by atoms with E-state index in [0.717, 1.165) is 87.7 Å². The fraction of sp³-hybridized carbons (Fsp3) is 0.560. The third kappa shape index (κ3) is 5.25. The maximum atomic E-state index is 12.5. The van der Waals surface area contributed by atoms with Crippen LogP contribution in [0.25, 0.3) is 0 Å². The Morgan fingerprint density at radius 1 is 1.07 bits per heavy atom. The van der Waals surface area contributed by atoms with E-state index >= 15 is 0 Å². The molecule has 2 aliphatic heterocycles. The van der Waals surface area contributed by atoms with Crippen molar-refractivity contribution in [1.82, 2.24) is 9.80 Å². The van der Waals surface area contributed by atoms with Gasteiger partial charge in [0.15, 0.2) is 0 Å². The van der Waals surface area contributed by atoms with Crippen LogP contribution in [0.15, 0.2) is 40.8 Å². The van der Waals surface area contributed by atoms with Gasteiger partial charge in [0.1, 0.15) is 23.4 Å². The minimum absolute atomic E-state index is 0.145. The molecule has 0 spiro atoms. The highest BCUT2D eigenvalue weighted by Crippen LogP contribution is 2.24. The summed E-state index contributed by atoms with van der Waals surface area (Å²) in [5, 5.41) is 0. The lowest BCUT2D eigenvalue weighted by atomic mass is 10.0. The van der Waals surface area contributed by atoms with E-state index in [1.807, 2.05) is 42.2 Å². The average molecular weight is 411 g/mol. The number of aryl methyl sites for hydroxylation is 1. The van der Waals surface area contributed by atoms with Crippen LogP contribution in [0.2, 0.25) is 0 Å². The van der Waals surface area contributed by atoms with E-state index in [1.165, 1.54) is 0 Å². The summed E-state index contributed by atoms with van der Waals surface area (Å²) in [5.41, 5.74) is 0.764. The summed E-state index contributed by atoms with van der Waals surface area (Å²) in [6.07, 6.45) is 5.70. The predicted octanol–water partition coefficient (Wildman–Crippen LogP) is 4.86. The lowest BCUT2D eigenvalue weighted by Crippen LogP contribution is -2.39. The third-order valence-electron chi connectivity index (χ3n) is 6.46. The molecule has 2 fully saturated rings. The van der Waals surface area contributed by atoms with Gasteiger partial charge in [-0.25, -0.2) is 0 Å². The fourth-order valence-electron chi connectivity index (χ4n) is 4.46. The van der Waals surface area contributed by atoms with Crippen LogP contribution in [-0.4, -0.2) is 54.5 Å². The summed E-state index contributed by atoms with van der Waals surface area (Å²) in [6.45, 7) is 9.25. The lowest BCUT2D eigenvalue weighted by molar-refractivity contribution is 0.0792. The molecule has 1 aromatic carbocycles. The Bertz CT molecular complexity index is 815. The topological polar surface area (TPSA) is 45.9 Å². The van der Waals surface area contributed by atoms with E-state index in [1.54, 1.807) is 0 Å². The van der Waals surface area contributed by atoms with E-state index in [2.05, 4.69) is 17.9 Å². The fourth-order valence-corrected chi connectivity index (χ4v) is 4.46. The van der Waals surface area contributed by atoms with Crippen LogP contribution < -0.4 is 4.74 Å². The largest absolute Gasteiger partial charge is 0.490 e. The van der Waals surface area contributed by atoms with Crippen molar-refractivity contribution in [2.24, 2.45) is 0 Å². The van der Waals surface area contributed by atoms with Crippen molar-refractivity contribution in [3.8, 4) is 5.75 Å². The highest BCUT2D eigenvalue weighted by atomic mass is 16.5. The number of nitrogens with zero attached hydrogens (tertiary/aromatic N) is 2. The summed E-state index contributed by atoms with van der Waals surface area (Å²) in [7, 11) is 0. The van der Waals surface area contributed by atoms with Crippen molar-refractivity contribution in [3.63, 3.8) is 0 Å². The third-order valence-corrected chi connectivity index (χ3v) is 6.46. The summed E-state index contributed by atoms with van der Waals surface area (Å²) >= 11 is 0. The van der Waals surface area contributed by atoms with Gasteiger partial charge in [-0.05, 0) is 82.0 Å². The first-order chi connectivity index (χ1) is 14.6. The van der Waals surface area contributed by atoms with Crippen LogP contribution in [0.3, 0.4) is 0 Å². The second-order valence-electron chi connectivity index (χ2n) is 8.82. The molecule has 0 radical (unpaired) electrons. The molecule has 1 unspecified atom stereocenters. The summed E-state index contributed by atoms with van der Waals surface area (Å²) in [4.78, 5) is 16.9. The first-order valence-corrected chi connectivity index (χ1v) is 11.4. The number of amides is 1. The molecule has 2 saturated heterocycles. The van der Waals surface area contributed by atoms with Crippen LogP contribution in [0.5, 0.6) is 5.75 Å². The Labute approximate surface area is 180 Å². The molecule has 4 rings (SSSR count). The highest BCUT2D eigenvalue weighted by molar-refractivity contribution is 5.94. The first-order valence-electron chi connectivity index (χ1n) is 11.4. The number of hydrogen-bond acceptors (Lipinski definition) is 4. The van der Waals surface area contributed by atoms with Crippen LogP contribution in [-0.2, 0) is 0 Å². The number of carbonyl (C=O) groups excluding carboxylic acids is 1. The van der Waals surface area contributed by atoms with Gasteiger partial charge in [-0.3, -0.25) is 4.79 Å². The van der Waals surface area contributed by atoms with Gasteiger partial charge in [-0.2, -0.15) is 0 Å². The van der Waals surface area contributed by atoms with Crippen molar-refractivity contribution >= 4 is 5.91 Å². The molecule has 0 aliphatic carbocycles. The van der Waals surface area contributed by atoms with E-state index in [9.17, 15) is 4.79 Å². The molecule has 2 aromatic rings. The molecule has 3 heterocycles. The van der Waals surface area contributed by atoms with Gasteiger partial charge >= 0.3 is 0 Å². The maximum Gasteiger partial charge on any atom is 0.253 e. The van der Waals surface area contributed by atoms with Crippen LogP contribution in [0.1, 0.15) is 66.8 Å². The van der Waals surface area contributed by atoms with Crippen LogP contribution in [0.4, 0.5) is 0 Å². The van der Waals surface area contributed by atoms with Gasteiger partial charge in [-0.1, -0.05) is 6.92 Å². The highest BCUT2D eigenvalue weighted by Gasteiger charge is 2.22. The number of rotatable bonds is 7. The smallest absolute Gasteiger partial charge is 0.253 e. The minimum atomic E-state index is 0.145. The molecule has 0 bridgehead atoms. The Morgan fingerprint density at radius 3 is 2.40 bits per heavy atom. The van der Waals surface area contributed by atoms with Gasteiger partial charge in [0, 0.05) is 37.7 Å². The molecule has 0 N–H and O–H groups in total. The quantitative estimate of drug-likeness (QED) is 0.654. The number of likely N-dealkylation sites (tertiary alicyclic amines) is 2. The Kier molecular flexibility index (Phi) is 6.78. The summed E-state index contributed by atoms with van der Waals surface area (Å²) in [6, 6.07) is 11.9. The van der Waals surface area contributed by atoms with Crippen molar-refractivity contribution in [1.29, 1.82) is 0 Å². The standard InChI is InChI=1S/C25H34N2O3/c1-19(24-10-5-20(2)29-24)11-16-26-17-12-23(13-18-26)30-22-8-6-21(7-9-22)25(28)27-14-3-4-15-27/h5-10,19,23H,3-4,11-18H2,1-2H3. The van der Waals surface area contributed by atoms with Gasteiger partial charge in [-0.15, -0.1) is 0 Å². The average Bonchev–Trinajstić information content (AvgIpc) is 3.45. The van der Waals surface area contributed by atoms with Gasteiger partial charge in [0.05, 0.1) is 0 Å². The number of carbonyl (C=O) groups is 1. The van der Waals surface area contributed by atoms with E-state index in [-0.39, 0.29) is 12.0 Å². The zero-order valence-electron chi connectivity index (χ0n) is 18.3. The minimum Gasteiger partial charge on any atom is -0.490 e. The normalized spacial score (nSPS) is 19.2. The van der Waals surface area contributed by atoms with Crippen LogP contribution in [0, 0.1) is 6.92 Å². The summed E-state index contributed by atoms with van der Waals surface area (Å²) < 4.78 is 12.0. The number of furan rings is 1. The van der Waals surface area contributed by atoms with Crippen molar-refractivity contribution in [3.05, 3.63) is 53.5 Å². The molecule has 1 amide bonds. The van der Waals surface area contributed by atoms with E-state index in [0.29, 0.717) is 5.92 Å². The van der Waals surface area contributed by atoms with Gasteiger partial charge < -0.3 is 19.0 Å². The predicted molar refractivity (Wildman–Crippen MR) is 118 cm³/mol. The molecule has 30 heavy (non-hydrogen) atoms. The SMILES string of the molecule is Cc1ccc(C(C)CCN2CCC(Oc3ccc(C(=O)N4CCCC4)cc3)CC2)o1. The first kappa shape index (κ1) is 21.0. The van der Waals surface area contributed by atoms with Gasteiger partial charge in [0.25, 0.3) is 5.91 Å². The monoisotopic (exact) mass is 410 g/mol. The second-order valence-corrected chi connectivity index (χ2v) is 8.82. The van der Waals surface area contributed by atoms with E-state index < -0.39 is 0 Å². The van der Waals surface area contributed by atoms with Crippen molar-refractivity contribution in [2.75, 3.05) is 32.7 Å². The summed E-state index contributed by atoms with van der Waals surface area (Å²) in [5.74, 6) is 3.55. The molecule has 5 nitrogen and oxygen atoms in total. The number of ether oxygens (including phenoxy) is 1. The number of benzene rings is 1. The van der Waals surface area contributed by atoms with Crippen molar-refractivity contribution in [2.45, 2.75) is 58.0 Å². The maximum absolute atomic E-state index is 12.5. The number of hydrogen-bond donors (Lipinski definition) is 0. The molecule has 5 heteroatoms. The van der Waals surface area contributed by atoms with Crippen molar-refractivity contribution < 1.29 is 13.9 Å². The zero-order valence-corrected chi connectivity index (χ0v) is 18.3. The van der Waals surface area contributed by atoms with Crippen LogP contribution >= 0.6 is 0 Å². The Morgan fingerprint density at radius 2 is 1.77 bits per heavy atom. The number of piperidine rings is 1. The molecule has 0 saturated carbocycles. The molecular formula is C25H34N2O3. The second kappa shape index (κ2) is 9.69. The lowest BCUT2D eigenvalue weighted by Gasteiger charge is -2.32. The molecule has 1 aromatic heterocycles. The Hall–Kier alpha value is -2.27. The molecular weight excluding hydrogens is 376 g/mol.